The fourth-order valence-electron chi connectivity index (χ4n) is 1.10. The first-order valence-electron chi connectivity index (χ1n) is 3.95. The molecule has 0 aromatic heterocycles. The molecule has 60 valence electrons. The number of aliphatic hydroxyl groups excluding tert-OH is 1. The lowest BCUT2D eigenvalue weighted by molar-refractivity contribution is 0.162. The molecule has 0 aromatic rings. The minimum absolute atomic E-state index is 0.153. The second-order valence-electron chi connectivity index (χ2n) is 3.06. The second-order valence-corrected chi connectivity index (χ2v) is 3.06. The van der Waals surface area contributed by atoms with Gasteiger partial charge >= 0.3 is 0 Å². The van der Waals surface area contributed by atoms with Gasteiger partial charge < -0.3 is 5.11 Å². The molecule has 0 spiro atoms. The van der Waals surface area contributed by atoms with E-state index in [0.717, 1.165) is 19.3 Å². The lowest BCUT2D eigenvalue weighted by Gasteiger charge is -2.11. The molecule has 0 unspecified atom stereocenters. The summed E-state index contributed by atoms with van der Waals surface area (Å²) in [6.07, 6.45) is 4.90. The van der Waals surface area contributed by atoms with E-state index in [-0.39, 0.29) is 6.10 Å². The van der Waals surface area contributed by atoms with Crippen molar-refractivity contribution in [3.8, 4) is 0 Å². The Bertz CT molecular complexity index is 86.7. The summed E-state index contributed by atoms with van der Waals surface area (Å²) in [5.74, 6) is 0.623. The number of hydrogen-bond donors (Lipinski definition) is 1. The van der Waals surface area contributed by atoms with Crippen LogP contribution in [0.1, 0.15) is 33.1 Å². The zero-order valence-electron chi connectivity index (χ0n) is 7.01. The van der Waals surface area contributed by atoms with Crippen molar-refractivity contribution >= 4 is 0 Å². The Morgan fingerprint density at radius 3 is 2.50 bits per heavy atom. The molecule has 0 amide bonds. The maximum atomic E-state index is 9.00. The van der Waals surface area contributed by atoms with Crippen molar-refractivity contribution in [3.05, 3.63) is 12.7 Å². The maximum Gasteiger partial charge on any atom is 0.0514 e. The van der Waals surface area contributed by atoms with Gasteiger partial charge in [0.2, 0.25) is 0 Å². The van der Waals surface area contributed by atoms with Crippen molar-refractivity contribution in [2.24, 2.45) is 5.92 Å². The third-order valence-electron chi connectivity index (χ3n) is 1.61. The van der Waals surface area contributed by atoms with Gasteiger partial charge in [0.15, 0.2) is 0 Å². The largest absolute Gasteiger partial charge is 0.393 e. The molecule has 0 rings (SSSR count). The van der Waals surface area contributed by atoms with Crippen LogP contribution in [0.5, 0.6) is 0 Å². The Labute approximate surface area is 63.8 Å². The molecule has 0 heterocycles. The number of rotatable bonds is 5. The molecule has 0 fully saturated rings. The van der Waals surface area contributed by atoms with E-state index in [1.165, 1.54) is 0 Å². The molecule has 0 aromatic carbocycles. The van der Waals surface area contributed by atoms with Crippen LogP contribution >= 0.6 is 0 Å². The van der Waals surface area contributed by atoms with Crippen LogP contribution in [-0.4, -0.2) is 11.2 Å². The minimum Gasteiger partial charge on any atom is -0.393 e. The van der Waals surface area contributed by atoms with E-state index in [0.29, 0.717) is 5.92 Å². The molecule has 10 heavy (non-hydrogen) atoms. The quantitative estimate of drug-likeness (QED) is 0.584. The molecular formula is C9H18O. The third-order valence-corrected chi connectivity index (χ3v) is 1.61. The Kier molecular flexibility index (Phi) is 5.32. The van der Waals surface area contributed by atoms with Crippen molar-refractivity contribution < 1.29 is 5.11 Å². The van der Waals surface area contributed by atoms with E-state index in [9.17, 15) is 0 Å². The molecule has 0 radical (unpaired) electrons. The van der Waals surface area contributed by atoms with Gasteiger partial charge in [-0.05, 0) is 32.1 Å². The van der Waals surface area contributed by atoms with Crippen LogP contribution < -0.4 is 0 Å². The Balaban J connectivity index is 3.24. The predicted molar refractivity (Wildman–Crippen MR) is 44.9 cm³/mol. The maximum absolute atomic E-state index is 9.00. The van der Waals surface area contributed by atoms with Gasteiger partial charge in [0.1, 0.15) is 0 Å². The highest BCUT2D eigenvalue weighted by Crippen LogP contribution is 2.12. The first kappa shape index (κ1) is 9.70. The van der Waals surface area contributed by atoms with E-state index in [2.05, 4.69) is 13.5 Å². The van der Waals surface area contributed by atoms with Gasteiger partial charge in [-0.1, -0.05) is 13.0 Å². The van der Waals surface area contributed by atoms with E-state index in [4.69, 9.17) is 5.11 Å². The zero-order chi connectivity index (χ0) is 7.98. The summed E-state index contributed by atoms with van der Waals surface area (Å²) in [5.41, 5.74) is 0. The number of hydrogen-bond acceptors (Lipinski definition) is 1. The fraction of sp³-hybridized carbons (Fsp3) is 0.778. The Morgan fingerprint density at radius 1 is 1.50 bits per heavy atom. The van der Waals surface area contributed by atoms with Crippen molar-refractivity contribution in [2.75, 3.05) is 0 Å². The van der Waals surface area contributed by atoms with Crippen LogP contribution in [0.15, 0.2) is 12.7 Å². The summed E-state index contributed by atoms with van der Waals surface area (Å²) < 4.78 is 0. The molecule has 2 atom stereocenters. The topological polar surface area (TPSA) is 20.2 Å². The summed E-state index contributed by atoms with van der Waals surface area (Å²) >= 11 is 0. The van der Waals surface area contributed by atoms with Crippen LogP contribution in [0.25, 0.3) is 0 Å². The van der Waals surface area contributed by atoms with Crippen LogP contribution in [0.3, 0.4) is 0 Å². The summed E-state index contributed by atoms with van der Waals surface area (Å²) in [6, 6.07) is 0. The standard InChI is InChI=1S/C9H18O/c1-4-5-6-8(2)7-9(3)10/h4,8-10H,1,5-7H2,2-3H3/t8-,9-/m0/s1. The predicted octanol–water partition coefficient (Wildman–Crippen LogP) is 2.36. The van der Waals surface area contributed by atoms with Crippen LogP contribution in [0, 0.1) is 5.92 Å². The van der Waals surface area contributed by atoms with E-state index >= 15 is 0 Å². The van der Waals surface area contributed by atoms with Crippen molar-refractivity contribution in [1.29, 1.82) is 0 Å². The van der Waals surface area contributed by atoms with Gasteiger partial charge in [-0.15, -0.1) is 6.58 Å². The summed E-state index contributed by atoms with van der Waals surface area (Å²) in [4.78, 5) is 0. The van der Waals surface area contributed by atoms with E-state index < -0.39 is 0 Å². The molecule has 1 N–H and O–H groups in total. The summed E-state index contributed by atoms with van der Waals surface area (Å²) in [6.45, 7) is 7.65. The smallest absolute Gasteiger partial charge is 0.0514 e. The highest BCUT2D eigenvalue weighted by molar-refractivity contribution is 4.68. The highest BCUT2D eigenvalue weighted by Gasteiger charge is 2.03. The van der Waals surface area contributed by atoms with E-state index in [1.54, 1.807) is 0 Å². The first-order valence-corrected chi connectivity index (χ1v) is 3.95. The van der Waals surface area contributed by atoms with Crippen LogP contribution in [-0.2, 0) is 0 Å². The molecule has 0 bridgehead atoms. The SMILES string of the molecule is C=CCC[C@H](C)C[C@H](C)O. The van der Waals surface area contributed by atoms with Gasteiger partial charge in [-0.2, -0.15) is 0 Å². The van der Waals surface area contributed by atoms with Crippen molar-refractivity contribution in [2.45, 2.75) is 39.2 Å². The first-order chi connectivity index (χ1) is 4.66. The molecular weight excluding hydrogens is 124 g/mol. The van der Waals surface area contributed by atoms with Gasteiger partial charge in [0, 0.05) is 0 Å². The number of aliphatic hydroxyl groups is 1. The summed E-state index contributed by atoms with van der Waals surface area (Å²) in [7, 11) is 0. The molecule has 0 aliphatic rings. The van der Waals surface area contributed by atoms with Gasteiger partial charge in [0.25, 0.3) is 0 Å². The lowest BCUT2D eigenvalue weighted by Crippen LogP contribution is -2.06. The van der Waals surface area contributed by atoms with Gasteiger partial charge in [-0.25, -0.2) is 0 Å². The van der Waals surface area contributed by atoms with Gasteiger partial charge in [0.05, 0.1) is 6.10 Å². The zero-order valence-corrected chi connectivity index (χ0v) is 7.01. The Morgan fingerprint density at radius 2 is 2.10 bits per heavy atom. The van der Waals surface area contributed by atoms with Gasteiger partial charge in [-0.3, -0.25) is 0 Å². The third kappa shape index (κ3) is 5.83. The van der Waals surface area contributed by atoms with Crippen LogP contribution in [0.2, 0.25) is 0 Å². The lowest BCUT2D eigenvalue weighted by atomic mass is 9.99. The average molecular weight is 142 g/mol. The monoisotopic (exact) mass is 142 g/mol. The summed E-state index contributed by atoms with van der Waals surface area (Å²) in [5, 5.41) is 9.00. The van der Waals surface area contributed by atoms with Crippen molar-refractivity contribution in [3.63, 3.8) is 0 Å². The minimum atomic E-state index is -0.153. The fourth-order valence-corrected chi connectivity index (χ4v) is 1.10. The Hall–Kier alpha value is -0.300. The molecule has 1 nitrogen and oxygen atoms in total. The molecule has 0 saturated carbocycles. The second kappa shape index (κ2) is 5.48. The van der Waals surface area contributed by atoms with Crippen molar-refractivity contribution in [1.82, 2.24) is 0 Å². The number of allylic oxidation sites excluding steroid dienone is 1. The molecule has 0 aliphatic carbocycles. The molecule has 0 saturated heterocycles. The average Bonchev–Trinajstić information content (AvgIpc) is 1.82. The normalized spacial score (nSPS) is 16.3. The molecule has 1 heteroatoms. The molecule has 0 aliphatic heterocycles. The van der Waals surface area contributed by atoms with Crippen LogP contribution in [0.4, 0.5) is 0 Å². The highest BCUT2D eigenvalue weighted by atomic mass is 16.3. The van der Waals surface area contributed by atoms with E-state index in [1.807, 2.05) is 13.0 Å².